The number of hydrogen-bond donors (Lipinski definition) is 1. The van der Waals surface area contributed by atoms with Crippen molar-refractivity contribution in [3.63, 3.8) is 0 Å². The van der Waals surface area contributed by atoms with Crippen LogP contribution in [0.5, 0.6) is 0 Å². The molecular weight excluding hydrogens is 542 g/mol. The molecule has 0 spiro atoms. The molecule has 1 aliphatic carbocycles. The molecule has 8 nitrogen and oxygen atoms in total. The minimum absolute atomic E-state index is 0.0188. The topological polar surface area (TPSA) is 87.9 Å². The molecule has 1 N–H and O–H groups in total. The van der Waals surface area contributed by atoms with Crippen molar-refractivity contribution in [3.05, 3.63) is 46.3 Å². The number of fused-ring (bicyclic) bond motifs is 1. The molecule has 234 valence electrons. The Labute approximate surface area is 249 Å². The fourth-order valence-electron chi connectivity index (χ4n) is 5.92. The van der Waals surface area contributed by atoms with E-state index in [1.165, 1.54) is 28.4 Å². The maximum absolute atomic E-state index is 13.4. The van der Waals surface area contributed by atoms with Gasteiger partial charge in [-0.25, -0.2) is 8.78 Å². The zero-order valence-electron chi connectivity index (χ0n) is 25.9. The van der Waals surface area contributed by atoms with Crippen LogP contribution in [-0.4, -0.2) is 83.4 Å². The summed E-state index contributed by atoms with van der Waals surface area (Å²) in [5, 5.41) is 12.8. The van der Waals surface area contributed by atoms with Crippen LogP contribution in [0.25, 0.3) is 0 Å². The molecule has 1 amide bonds. The number of amides is 1. The highest BCUT2D eigenvalue weighted by Gasteiger charge is 2.38. The number of alkyl halides is 2. The van der Waals surface area contributed by atoms with Gasteiger partial charge in [-0.2, -0.15) is 5.10 Å². The molecule has 2 aromatic rings. The summed E-state index contributed by atoms with van der Waals surface area (Å²) in [6.45, 7) is 13.1. The molecule has 0 saturated carbocycles. The molecule has 1 atom stereocenters. The average molecular weight is 591 g/mol. The Bertz CT molecular complexity index is 1170. The average Bonchev–Trinajstić information content (AvgIpc) is 3.55. The number of halogens is 2. The number of nitrogens with zero attached hydrogens (tertiary/aromatic N) is 4. The number of Topliss-reactive ketones (excluding diaryl/α,β-unsaturated/α-hetero) is 1. The summed E-state index contributed by atoms with van der Waals surface area (Å²) in [4.78, 5) is 29.0. The normalized spacial score (nSPS) is 16.6. The van der Waals surface area contributed by atoms with E-state index in [9.17, 15) is 18.4 Å². The predicted octanol–water partition coefficient (Wildman–Crippen LogP) is 5.31. The first kappa shape index (κ1) is 33.6. The number of hydrogen-bond acceptors (Lipinski definition) is 6. The summed E-state index contributed by atoms with van der Waals surface area (Å²) >= 11 is 0. The molecule has 1 aromatic heterocycles. The molecule has 1 unspecified atom stereocenters. The third-order valence-electron chi connectivity index (χ3n) is 8.30. The number of ether oxygens (including phenoxy) is 1. The van der Waals surface area contributed by atoms with Gasteiger partial charge in [0.1, 0.15) is 12.2 Å². The van der Waals surface area contributed by atoms with Crippen molar-refractivity contribution in [2.75, 3.05) is 44.3 Å². The van der Waals surface area contributed by atoms with Gasteiger partial charge in [0.2, 0.25) is 12.3 Å². The molecule has 10 heteroatoms. The molecule has 1 aliphatic heterocycles. The van der Waals surface area contributed by atoms with Crippen LogP contribution < -0.4 is 4.90 Å². The Hall–Kier alpha value is -2.85. The molecule has 2 aliphatic rings. The van der Waals surface area contributed by atoms with Crippen LogP contribution in [0.3, 0.4) is 0 Å². The minimum atomic E-state index is -2.54. The molecule has 0 bridgehead atoms. The monoisotopic (exact) mass is 590 g/mol. The van der Waals surface area contributed by atoms with Crippen molar-refractivity contribution in [3.8, 4) is 0 Å². The van der Waals surface area contributed by atoms with E-state index in [1.54, 1.807) is 4.90 Å². The number of aryl methyl sites for hydroxylation is 1. The van der Waals surface area contributed by atoms with Crippen molar-refractivity contribution in [2.45, 2.75) is 98.1 Å². The van der Waals surface area contributed by atoms with Gasteiger partial charge in [0, 0.05) is 56.0 Å². The first-order valence-electron chi connectivity index (χ1n) is 15.3. The van der Waals surface area contributed by atoms with Gasteiger partial charge in [-0.15, -0.1) is 0 Å². The minimum Gasteiger partial charge on any atom is -0.394 e. The van der Waals surface area contributed by atoms with Crippen LogP contribution in [0, 0.1) is 13.8 Å². The van der Waals surface area contributed by atoms with Crippen molar-refractivity contribution in [2.24, 2.45) is 0 Å². The van der Waals surface area contributed by atoms with E-state index in [1.807, 2.05) is 6.07 Å². The number of carbonyl (C=O) groups excluding carboxylic acids is 2. The second-order valence-electron chi connectivity index (χ2n) is 11.3. The summed E-state index contributed by atoms with van der Waals surface area (Å²) in [7, 11) is 0. The first-order chi connectivity index (χ1) is 20.1. The smallest absolute Gasteiger partial charge is 0.245 e. The number of carbonyl (C=O) groups is 2. The molecule has 2 heterocycles. The zero-order chi connectivity index (χ0) is 30.8. The number of aromatic nitrogens is 2. The summed E-state index contributed by atoms with van der Waals surface area (Å²) < 4.78 is 33.8. The van der Waals surface area contributed by atoms with E-state index in [2.05, 4.69) is 49.8 Å². The molecule has 0 radical (unpaired) electrons. The van der Waals surface area contributed by atoms with Gasteiger partial charge < -0.3 is 19.6 Å². The van der Waals surface area contributed by atoms with E-state index in [0.717, 1.165) is 38.8 Å². The summed E-state index contributed by atoms with van der Waals surface area (Å²) in [5.74, 6) is -1.41. The fourth-order valence-corrected chi connectivity index (χ4v) is 5.92. The highest BCUT2D eigenvalue weighted by atomic mass is 19.3. The van der Waals surface area contributed by atoms with E-state index < -0.39 is 12.3 Å². The van der Waals surface area contributed by atoms with Gasteiger partial charge in [-0.05, 0) is 56.7 Å². The molecule has 1 fully saturated rings. The lowest BCUT2D eigenvalue weighted by atomic mass is 10.0. The number of benzene rings is 1. The predicted molar refractivity (Wildman–Crippen MR) is 161 cm³/mol. The lowest BCUT2D eigenvalue weighted by molar-refractivity contribution is -0.132. The fraction of sp³-hybridized carbons (Fsp3) is 0.656. The molecule has 1 aromatic carbocycles. The van der Waals surface area contributed by atoms with E-state index in [0.29, 0.717) is 43.5 Å². The summed E-state index contributed by atoms with van der Waals surface area (Å²) in [6, 6.07) is 6.25. The number of rotatable bonds is 12. The van der Waals surface area contributed by atoms with Crippen LogP contribution in [0.2, 0.25) is 0 Å². The van der Waals surface area contributed by atoms with Gasteiger partial charge in [0.15, 0.2) is 5.78 Å². The number of anilines is 1. The second-order valence-corrected chi connectivity index (χ2v) is 11.3. The molecular formula is C32H48F2N4O4. The zero-order valence-corrected chi connectivity index (χ0v) is 25.9. The Morgan fingerprint density at radius 1 is 1.10 bits per heavy atom. The van der Waals surface area contributed by atoms with Crippen molar-refractivity contribution in [1.29, 1.82) is 0 Å². The van der Waals surface area contributed by atoms with E-state index in [4.69, 9.17) is 9.84 Å². The Kier molecular flexibility index (Phi) is 12.9. The van der Waals surface area contributed by atoms with Crippen LogP contribution in [-0.2, 0) is 22.5 Å². The van der Waals surface area contributed by atoms with Gasteiger partial charge in [0.25, 0.3) is 0 Å². The maximum Gasteiger partial charge on any atom is 0.245 e. The van der Waals surface area contributed by atoms with Crippen molar-refractivity contribution >= 4 is 17.4 Å². The second kappa shape index (κ2) is 16.1. The third-order valence-corrected chi connectivity index (χ3v) is 8.30. The number of ketones is 1. The third kappa shape index (κ3) is 8.37. The van der Waals surface area contributed by atoms with Gasteiger partial charge >= 0.3 is 0 Å². The first-order valence-corrected chi connectivity index (χ1v) is 15.3. The number of aliphatic hydroxyl groups excluding tert-OH is 1. The Morgan fingerprint density at radius 2 is 1.76 bits per heavy atom. The SMILES string of the molecule is CC(=O)c1nn(CC(=O)N2CCN(c3cccc(C)c3C)CC2)c2c1C(C(F)F)CC2.CCCC(CCC)OCCO. The highest BCUT2D eigenvalue weighted by Crippen LogP contribution is 2.39. The van der Waals surface area contributed by atoms with Crippen molar-refractivity contribution in [1.82, 2.24) is 14.7 Å². The largest absolute Gasteiger partial charge is 0.394 e. The molecule has 1 saturated heterocycles. The number of piperazine rings is 1. The standard InChI is InChI=1S/C23H28F2N4O2.C9H20O2/c1-14-5-4-6-18(15(14)2)27-9-11-28(12-10-27)20(31)13-29-19-8-7-17(23(24)25)21(19)22(26-29)16(3)30;1-3-5-9(6-4-2)11-8-7-10/h4-6,17,23H,7-13H2,1-3H3;9-10H,3-8H2,1-2H3. The summed E-state index contributed by atoms with van der Waals surface area (Å²) in [5.41, 5.74) is 4.73. The van der Waals surface area contributed by atoms with Crippen molar-refractivity contribution < 1.29 is 28.2 Å². The Balaban J connectivity index is 0.000000375. The van der Waals surface area contributed by atoms with Gasteiger partial charge in [-0.3, -0.25) is 14.3 Å². The molecule has 42 heavy (non-hydrogen) atoms. The van der Waals surface area contributed by atoms with Gasteiger partial charge in [0.05, 0.1) is 19.3 Å². The quantitative estimate of drug-likeness (QED) is 0.337. The van der Waals surface area contributed by atoms with Crippen LogP contribution >= 0.6 is 0 Å². The van der Waals surface area contributed by atoms with Gasteiger partial charge in [-0.1, -0.05) is 38.8 Å². The van der Waals surface area contributed by atoms with Crippen LogP contribution in [0.4, 0.5) is 14.5 Å². The van der Waals surface area contributed by atoms with E-state index >= 15 is 0 Å². The Morgan fingerprint density at radius 3 is 2.33 bits per heavy atom. The van der Waals surface area contributed by atoms with E-state index in [-0.39, 0.29) is 37.0 Å². The summed E-state index contributed by atoms with van der Waals surface area (Å²) in [6.07, 6.45) is 3.10. The lowest BCUT2D eigenvalue weighted by Crippen LogP contribution is -2.50. The van der Waals surface area contributed by atoms with Crippen LogP contribution in [0.1, 0.15) is 91.7 Å². The van der Waals surface area contributed by atoms with Crippen LogP contribution in [0.15, 0.2) is 18.2 Å². The molecule has 4 rings (SSSR count). The number of aliphatic hydroxyl groups is 1. The highest BCUT2D eigenvalue weighted by molar-refractivity contribution is 5.94. The lowest BCUT2D eigenvalue weighted by Gasteiger charge is -2.37. The maximum atomic E-state index is 13.4.